The standard InChI is InChI=1S/C8H7O2Si/c1-6-7-4-2-3-5-8(7)10-11-9-6/h2-5H,1H3/q+1. The summed E-state index contributed by atoms with van der Waals surface area (Å²) in [5.41, 5.74) is 1.06. The maximum absolute atomic E-state index is 5.28. The van der Waals surface area contributed by atoms with Crippen molar-refractivity contribution in [3.8, 4) is 5.75 Å². The van der Waals surface area contributed by atoms with E-state index in [0.29, 0.717) is 0 Å². The molecule has 2 rings (SSSR count). The van der Waals surface area contributed by atoms with E-state index in [4.69, 9.17) is 8.54 Å². The topological polar surface area (TPSA) is 20.5 Å². The fourth-order valence-corrected chi connectivity index (χ4v) is 1.57. The Balaban J connectivity index is 2.56. The van der Waals surface area contributed by atoms with Crippen LogP contribution >= 0.6 is 0 Å². The molecule has 0 spiro atoms. The van der Waals surface area contributed by atoms with E-state index in [1.165, 1.54) is 0 Å². The van der Waals surface area contributed by atoms with Gasteiger partial charge in [0.1, 0.15) is 11.3 Å². The van der Waals surface area contributed by atoms with E-state index >= 15 is 0 Å². The molecule has 1 aliphatic rings. The molecule has 3 heteroatoms. The number of carbonyl (C=O) groups excluding carboxylic acids is 1. The highest BCUT2D eigenvalue weighted by atomic mass is 28.2. The van der Waals surface area contributed by atoms with Crippen molar-refractivity contribution in [2.75, 3.05) is 0 Å². The van der Waals surface area contributed by atoms with Crippen molar-refractivity contribution in [2.24, 2.45) is 0 Å². The Labute approximate surface area is 67.6 Å². The summed E-state index contributed by atoms with van der Waals surface area (Å²) >= 11 is 0. The maximum atomic E-state index is 5.28. The third-order valence-corrected chi connectivity index (χ3v) is 2.31. The van der Waals surface area contributed by atoms with Crippen LogP contribution in [-0.4, -0.2) is 15.8 Å². The minimum Gasteiger partial charge on any atom is -0.460 e. The van der Waals surface area contributed by atoms with Crippen molar-refractivity contribution in [1.29, 1.82) is 0 Å². The van der Waals surface area contributed by atoms with E-state index in [9.17, 15) is 0 Å². The lowest BCUT2D eigenvalue weighted by Gasteiger charge is -2.04. The molecule has 1 heterocycles. The number of benzene rings is 1. The molecule has 0 N–H and O–H groups in total. The van der Waals surface area contributed by atoms with Crippen molar-refractivity contribution in [3.05, 3.63) is 29.8 Å². The van der Waals surface area contributed by atoms with Crippen LogP contribution in [0.1, 0.15) is 16.6 Å². The monoisotopic (exact) mass is 163 g/mol. The lowest BCUT2D eigenvalue weighted by atomic mass is 10.1. The average molecular weight is 163 g/mol. The van der Waals surface area contributed by atoms with Crippen LogP contribution in [-0.2, 0) is 0 Å². The van der Waals surface area contributed by atoms with E-state index in [0.717, 1.165) is 17.1 Å². The second kappa shape index (κ2) is 2.51. The first-order valence-electron chi connectivity index (χ1n) is 3.39. The number of rotatable bonds is 0. The van der Waals surface area contributed by atoms with Gasteiger partial charge in [-0.25, -0.2) is 0 Å². The summed E-state index contributed by atoms with van der Waals surface area (Å²) in [7, 11) is 0.112. The van der Waals surface area contributed by atoms with Crippen molar-refractivity contribution >= 4 is 15.8 Å². The zero-order valence-corrected chi connectivity index (χ0v) is 7.13. The van der Waals surface area contributed by atoms with E-state index in [-0.39, 0.29) is 10.0 Å². The van der Waals surface area contributed by atoms with Crippen LogP contribution in [0.15, 0.2) is 24.3 Å². The smallest absolute Gasteiger partial charge is 0.460 e. The zero-order valence-electron chi connectivity index (χ0n) is 6.13. The van der Waals surface area contributed by atoms with Crippen LogP contribution in [0.4, 0.5) is 0 Å². The van der Waals surface area contributed by atoms with Gasteiger partial charge >= 0.3 is 10.0 Å². The molecular formula is C8H7O2Si+. The third kappa shape index (κ3) is 1.07. The minimum absolute atomic E-state index is 0.112. The van der Waals surface area contributed by atoms with Crippen molar-refractivity contribution in [3.63, 3.8) is 0 Å². The summed E-state index contributed by atoms with van der Waals surface area (Å²) in [5.74, 6) is 1.87. The lowest BCUT2D eigenvalue weighted by Crippen LogP contribution is -2.13. The fourth-order valence-electron chi connectivity index (χ4n) is 1.03. The van der Waals surface area contributed by atoms with Crippen molar-refractivity contribution < 1.29 is 8.54 Å². The zero-order chi connectivity index (χ0) is 7.68. The van der Waals surface area contributed by atoms with E-state index in [1.807, 2.05) is 31.2 Å². The molecule has 54 valence electrons. The van der Waals surface area contributed by atoms with Crippen LogP contribution in [0.3, 0.4) is 0 Å². The Hall–Kier alpha value is -1.09. The summed E-state index contributed by atoms with van der Waals surface area (Å²) in [4.78, 5) is 0. The highest BCUT2D eigenvalue weighted by molar-refractivity contribution is 6.21. The minimum atomic E-state index is 0.112. The SMILES string of the molecule is CC1=[O+][Si]Oc2ccccc21. The van der Waals surface area contributed by atoms with Crippen LogP contribution in [0.2, 0.25) is 0 Å². The van der Waals surface area contributed by atoms with E-state index < -0.39 is 0 Å². The van der Waals surface area contributed by atoms with Gasteiger partial charge in [0, 0.05) is 6.92 Å². The molecule has 0 bridgehead atoms. The van der Waals surface area contributed by atoms with Crippen LogP contribution in [0.25, 0.3) is 0 Å². The second-order valence-electron chi connectivity index (χ2n) is 2.34. The first kappa shape index (κ1) is 6.61. The van der Waals surface area contributed by atoms with Gasteiger partial charge in [-0.05, 0) is 12.1 Å². The lowest BCUT2D eigenvalue weighted by molar-refractivity contribution is -0.102. The predicted molar refractivity (Wildman–Crippen MR) is 42.8 cm³/mol. The highest BCUT2D eigenvalue weighted by Gasteiger charge is 2.26. The summed E-state index contributed by atoms with van der Waals surface area (Å²) in [5, 5.41) is 0. The Bertz CT molecular complexity index is 307. The largest absolute Gasteiger partial charge is 1.02 e. The summed E-state index contributed by atoms with van der Waals surface area (Å²) in [6, 6.07) is 7.88. The number of fused-ring (bicyclic) bond motifs is 1. The highest BCUT2D eigenvalue weighted by Crippen LogP contribution is 2.20. The molecule has 0 unspecified atom stereocenters. The fraction of sp³-hybridized carbons (Fsp3) is 0.125. The summed E-state index contributed by atoms with van der Waals surface area (Å²) in [6.07, 6.45) is 0. The summed E-state index contributed by atoms with van der Waals surface area (Å²) < 4.78 is 10.5. The molecule has 0 atom stereocenters. The van der Waals surface area contributed by atoms with Crippen LogP contribution < -0.4 is 4.43 Å². The Morgan fingerprint density at radius 1 is 1.36 bits per heavy atom. The van der Waals surface area contributed by atoms with Gasteiger partial charge in [0.05, 0.1) is 0 Å². The van der Waals surface area contributed by atoms with Gasteiger partial charge in [0.25, 0.3) is 5.78 Å². The average Bonchev–Trinajstić information content (AvgIpc) is 2.06. The van der Waals surface area contributed by atoms with Crippen molar-refractivity contribution in [2.45, 2.75) is 6.92 Å². The molecule has 0 saturated carbocycles. The Morgan fingerprint density at radius 2 is 2.18 bits per heavy atom. The molecule has 1 aliphatic heterocycles. The molecule has 2 radical (unpaired) electrons. The quantitative estimate of drug-likeness (QED) is 0.417. The van der Waals surface area contributed by atoms with Crippen LogP contribution in [0.5, 0.6) is 5.75 Å². The molecule has 1 aromatic rings. The van der Waals surface area contributed by atoms with Gasteiger partial charge in [-0.15, -0.1) is 0 Å². The molecule has 11 heavy (non-hydrogen) atoms. The normalized spacial score (nSPS) is 14.8. The van der Waals surface area contributed by atoms with Gasteiger partial charge < -0.3 is 8.54 Å². The number of hydrogen-bond donors (Lipinski definition) is 0. The van der Waals surface area contributed by atoms with E-state index in [2.05, 4.69) is 0 Å². The number of ketones is 1. The molecule has 0 amide bonds. The first-order valence-corrected chi connectivity index (χ1v) is 4.21. The predicted octanol–water partition coefficient (Wildman–Crippen LogP) is 1.35. The van der Waals surface area contributed by atoms with Gasteiger partial charge in [0.2, 0.25) is 0 Å². The molecule has 0 fully saturated rings. The number of hydrogen-bond acceptors (Lipinski definition) is 1. The van der Waals surface area contributed by atoms with Gasteiger partial charge in [0.15, 0.2) is 0 Å². The molecule has 2 nitrogen and oxygen atoms in total. The first-order chi connectivity index (χ1) is 5.38. The Morgan fingerprint density at radius 3 is 3.00 bits per heavy atom. The number of para-hydroxylation sites is 1. The Kier molecular flexibility index (Phi) is 1.51. The third-order valence-electron chi connectivity index (χ3n) is 1.61. The molecular weight excluding hydrogens is 156 g/mol. The maximum Gasteiger partial charge on any atom is 1.02 e. The molecule has 0 aliphatic carbocycles. The molecule has 0 aromatic heterocycles. The van der Waals surface area contributed by atoms with Gasteiger partial charge in [-0.3, -0.25) is 0 Å². The van der Waals surface area contributed by atoms with Gasteiger partial charge in [-0.2, -0.15) is 0 Å². The van der Waals surface area contributed by atoms with Crippen LogP contribution in [0, 0.1) is 0 Å². The van der Waals surface area contributed by atoms with E-state index in [1.54, 1.807) is 0 Å². The summed E-state index contributed by atoms with van der Waals surface area (Å²) in [6.45, 7) is 1.95. The molecule has 0 saturated heterocycles. The molecule has 1 aromatic carbocycles. The van der Waals surface area contributed by atoms with Crippen molar-refractivity contribution in [1.82, 2.24) is 0 Å². The second-order valence-corrected chi connectivity index (χ2v) is 2.91. The van der Waals surface area contributed by atoms with Gasteiger partial charge in [-0.1, -0.05) is 12.1 Å².